The summed E-state index contributed by atoms with van der Waals surface area (Å²) in [5, 5.41) is 10.6. The van der Waals surface area contributed by atoms with Crippen molar-refractivity contribution in [3.8, 4) is 5.75 Å². The van der Waals surface area contributed by atoms with Crippen LogP contribution in [-0.2, 0) is 4.74 Å². The number of carbonyl (C=O) groups is 2. The van der Waals surface area contributed by atoms with E-state index < -0.39 is 34.8 Å². The van der Waals surface area contributed by atoms with E-state index in [1.165, 1.54) is 18.2 Å². The van der Waals surface area contributed by atoms with Crippen LogP contribution in [0, 0.1) is 21.7 Å². The number of benzene rings is 2. The second-order valence-electron chi connectivity index (χ2n) is 5.26. The number of imide groups is 1. The average Bonchev–Trinajstić information content (AvgIpc) is 2.99. The number of halogens is 2. The van der Waals surface area contributed by atoms with Gasteiger partial charge in [-0.3, -0.25) is 10.1 Å². The quantitative estimate of drug-likeness (QED) is 0.610. The van der Waals surface area contributed by atoms with Gasteiger partial charge in [0.2, 0.25) is 0 Å². The second kappa shape index (κ2) is 6.75. The number of nitrogens with zero attached hydrogens (tertiary/aromatic N) is 2. The summed E-state index contributed by atoms with van der Waals surface area (Å²) in [6.07, 6.45) is -2.12. The predicted octanol–water partition coefficient (Wildman–Crippen LogP) is 3.57. The summed E-state index contributed by atoms with van der Waals surface area (Å²) in [4.78, 5) is 34.7. The number of amides is 2. The van der Waals surface area contributed by atoms with Crippen LogP contribution in [0.15, 0.2) is 42.5 Å². The number of nitro groups is 1. The topological polar surface area (TPSA) is 99.0 Å². The molecule has 0 aliphatic carbocycles. The maximum Gasteiger partial charge on any atom is 0.425 e. The molecule has 10 heteroatoms. The number of cyclic esters (lactones) is 1. The van der Waals surface area contributed by atoms with Crippen molar-refractivity contribution in [1.82, 2.24) is 4.90 Å². The van der Waals surface area contributed by atoms with E-state index in [1.54, 1.807) is 0 Å². The van der Waals surface area contributed by atoms with Crippen molar-refractivity contribution < 1.29 is 32.8 Å². The van der Waals surface area contributed by atoms with Gasteiger partial charge >= 0.3 is 12.2 Å². The molecule has 1 aliphatic rings. The number of rotatable bonds is 3. The fraction of sp³-hybridized carbons (Fsp3) is 0.125. The van der Waals surface area contributed by atoms with Crippen LogP contribution in [0.3, 0.4) is 0 Å². The number of non-ortho nitro benzene ring substituents is 1. The fourth-order valence-corrected chi connectivity index (χ4v) is 2.37. The Morgan fingerprint density at radius 1 is 1.19 bits per heavy atom. The molecule has 1 atom stereocenters. The third-order valence-corrected chi connectivity index (χ3v) is 3.65. The van der Waals surface area contributed by atoms with Crippen molar-refractivity contribution in [1.29, 1.82) is 0 Å². The van der Waals surface area contributed by atoms with E-state index in [0.717, 1.165) is 24.3 Å². The summed E-state index contributed by atoms with van der Waals surface area (Å²) in [6.45, 7) is -0.251. The van der Waals surface area contributed by atoms with Crippen LogP contribution < -0.4 is 4.74 Å². The third kappa shape index (κ3) is 3.29. The van der Waals surface area contributed by atoms with Gasteiger partial charge in [-0.2, -0.15) is 0 Å². The van der Waals surface area contributed by atoms with Gasteiger partial charge in [0.25, 0.3) is 5.69 Å². The van der Waals surface area contributed by atoms with E-state index in [2.05, 4.69) is 0 Å². The van der Waals surface area contributed by atoms with Gasteiger partial charge in [-0.05, 0) is 29.8 Å². The van der Waals surface area contributed by atoms with Crippen LogP contribution in [-0.4, -0.2) is 28.6 Å². The lowest BCUT2D eigenvalue weighted by Crippen LogP contribution is -2.36. The van der Waals surface area contributed by atoms with Crippen molar-refractivity contribution in [2.75, 3.05) is 6.61 Å². The molecule has 0 unspecified atom stereocenters. The normalized spacial score (nSPS) is 16.3. The number of ether oxygens (including phenoxy) is 2. The first-order chi connectivity index (χ1) is 12.4. The molecule has 1 aliphatic heterocycles. The number of hydrogen-bond donors (Lipinski definition) is 0. The highest BCUT2D eigenvalue weighted by Crippen LogP contribution is 2.30. The van der Waals surface area contributed by atoms with E-state index in [9.17, 15) is 28.5 Å². The molecule has 1 fully saturated rings. The summed E-state index contributed by atoms with van der Waals surface area (Å²) in [7, 11) is 0. The zero-order chi connectivity index (χ0) is 18.8. The van der Waals surface area contributed by atoms with E-state index in [-0.39, 0.29) is 23.6 Å². The lowest BCUT2D eigenvalue weighted by molar-refractivity contribution is -0.384. The van der Waals surface area contributed by atoms with Gasteiger partial charge in [-0.15, -0.1) is 0 Å². The zero-order valence-corrected chi connectivity index (χ0v) is 12.9. The summed E-state index contributed by atoms with van der Waals surface area (Å²) in [6, 6.07) is 6.56. The lowest BCUT2D eigenvalue weighted by Gasteiger charge is -2.19. The van der Waals surface area contributed by atoms with E-state index in [4.69, 9.17) is 9.47 Å². The Morgan fingerprint density at radius 3 is 2.50 bits per heavy atom. The SMILES string of the molecule is O=C1OC[C@H](c2ccc(F)c(F)c2)N1C(=O)Oc1ccc([N+](=O)[O-])cc1. The van der Waals surface area contributed by atoms with Crippen LogP contribution in [0.2, 0.25) is 0 Å². The molecule has 26 heavy (non-hydrogen) atoms. The largest absolute Gasteiger partial charge is 0.446 e. The second-order valence-corrected chi connectivity index (χ2v) is 5.26. The minimum absolute atomic E-state index is 0.0377. The van der Waals surface area contributed by atoms with Gasteiger partial charge in [-0.25, -0.2) is 23.3 Å². The maximum atomic E-state index is 13.4. The van der Waals surface area contributed by atoms with E-state index in [0.29, 0.717) is 4.90 Å². The monoisotopic (exact) mass is 364 g/mol. The van der Waals surface area contributed by atoms with Crippen LogP contribution in [0.1, 0.15) is 11.6 Å². The molecule has 0 radical (unpaired) electrons. The summed E-state index contributed by atoms with van der Waals surface area (Å²) in [5.74, 6) is -2.24. The molecule has 0 spiro atoms. The van der Waals surface area contributed by atoms with Gasteiger partial charge in [0.1, 0.15) is 18.4 Å². The summed E-state index contributed by atoms with van der Waals surface area (Å²) < 4.78 is 36.3. The highest BCUT2D eigenvalue weighted by molar-refractivity contribution is 5.90. The van der Waals surface area contributed by atoms with Crippen molar-refractivity contribution in [2.24, 2.45) is 0 Å². The Labute approximate surface area is 144 Å². The number of hydrogen-bond acceptors (Lipinski definition) is 6. The van der Waals surface area contributed by atoms with Gasteiger partial charge in [0.05, 0.1) is 4.92 Å². The standard InChI is InChI=1S/C16H10F2N2O6/c17-12-6-1-9(7-13(12)18)14-8-25-15(21)19(14)16(22)26-11-4-2-10(3-5-11)20(23)24/h1-7,14H,8H2/t14-/m1/s1. The molecular weight excluding hydrogens is 354 g/mol. The average molecular weight is 364 g/mol. The van der Waals surface area contributed by atoms with Gasteiger partial charge in [0.15, 0.2) is 11.6 Å². The molecule has 2 amide bonds. The molecule has 0 N–H and O–H groups in total. The van der Waals surface area contributed by atoms with Gasteiger partial charge < -0.3 is 9.47 Å². The van der Waals surface area contributed by atoms with Gasteiger partial charge in [0, 0.05) is 12.1 Å². The fourth-order valence-electron chi connectivity index (χ4n) is 2.37. The van der Waals surface area contributed by atoms with Crippen LogP contribution in [0.5, 0.6) is 5.75 Å². The highest BCUT2D eigenvalue weighted by Gasteiger charge is 2.40. The Kier molecular flexibility index (Phi) is 4.48. The Bertz CT molecular complexity index is 887. The Balaban J connectivity index is 1.80. The van der Waals surface area contributed by atoms with E-state index in [1.807, 2.05) is 0 Å². The van der Waals surface area contributed by atoms with Crippen molar-refractivity contribution in [3.05, 3.63) is 69.8 Å². The molecule has 0 saturated carbocycles. The molecule has 1 saturated heterocycles. The van der Waals surface area contributed by atoms with Crippen molar-refractivity contribution in [2.45, 2.75) is 6.04 Å². The molecule has 0 aromatic heterocycles. The molecule has 2 aromatic carbocycles. The summed E-state index contributed by atoms with van der Waals surface area (Å²) >= 11 is 0. The number of carbonyl (C=O) groups excluding carboxylic acids is 2. The third-order valence-electron chi connectivity index (χ3n) is 3.65. The predicted molar refractivity (Wildman–Crippen MR) is 81.4 cm³/mol. The Hall–Kier alpha value is -3.56. The first kappa shape index (κ1) is 17.3. The number of nitro benzene ring substituents is 1. The van der Waals surface area contributed by atoms with Gasteiger partial charge in [-0.1, -0.05) is 6.07 Å². The van der Waals surface area contributed by atoms with Crippen LogP contribution in [0.4, 0.5) is 24.1 Å². The van der Waals surface area contributed by atoms with Crippen molar-refractivity contribution in [3.63, 3.8) is 0 Å². The van der Waals surface area contributed by atoms with E-state index >= 15 is 0 Å². The molecule has 8 nitrogen and oxygen atoms in total. The molecule has 3 rings (SSSR count). The smallest absolute Gasteiger partial charge is 0.425 e. The van der Waals surface area contributed by atoms with Crippen LogP contribution in [0.25, 0.3) is 0 Å². The highest BCUT2D eigenvalue weighted by atomic mass is 19.2. The Morgan fingerprint density at radius 2 is 1.88 bits per heavy atom. The lowest BCUT2D eigenvalue weighted by atomic mass is 10.1. The van der Waals surface area contributed by atoms with Crippen LogP contribution >= 0.6 is 0 Å². The minimum Gasteiger partial charge on any atom is -0.446 e. The maximum absolute atomic E-state index is 13.4. The molecule has 0 bridgehead atoms. The zero-order valence-electron chi connectivity index (χ0n) is 12.9. The molecule has 1 heterocycles. The summed E-state index contributed by atoms with van der Waals surface area (Å²) in [5.41, 5.74) is -0.0551. The molecular formula is C16H10F2N2O6. The first-order valence-corrected chi connectivity index (χ1v) is 7.24. The minimum atomic E-state index is -1.13. The van der Waals surface area contributed by atoms with Crippen molar-refractivity contribution >= 4 is 17.9 Å². The molecule has 2 aromatic rings. The first-order valence-electron chi connectivity index (χ1n) is 7.24. The molecule has 134 valence electrons.